The van der Waals surface area contributed by atoms with Crippen LogP contribution in [0.2, 0.25) is 0 Å². The first-order chi connectivity index (χ1) is 10.8. The molecule has 5 nitrogen and oxygen atoms in total. The van der Waals surface area contributed by atoms with Gasteiger partial charge in [0.25, 0.3) is 0 Å². The van der Waals surface area contributed by atoms with Crippen molar-refractivity contribution in [2.75, 3.05) is 21.1 Å². The molecule has 0 aliphatic rings. The maximum atomic E-state index is 11.0. The molecule has 23 heavy (non-hydrogen) atoms. The predicted molar refractivity (Wildman–Crippen MR) is 95.6 cm³/mol. The van der Waals surface area contributed by atoms with E-state index in [1.54, 1.807) is 18.4 Å². The van der Waals surface area contributed by atoms with Crippen molar-refractivity contribution in [2.24, 2.45) is 10.8 Å². The molecule has 0 unspecified atom stereocenters. The van der Waals surface area contributed by atoms with E-state index in [-0.39, 0.29) is 12.3 Å². The van der Waals surface area contributed by atoms with Crippen LogP contribution in [0.3, 0.4) is 0 Å². The van der Waals surface area contributed by atoms with Crippen LogP contribution in [0.25, 0.3) is 0 Å². The molecule has 124 valence electrons. The second kappa shape index (κ2) is 9.02. The van der Waals surface area contributed by atoms with Gasteiger partial charge in [0.1, 0.15) is 6.54 Å². The van der Waals surface area contributed by atoms with Gasteiger partial charge in [0.2, 0.25) is 5.91 Å². The standard InChI is InChI=1S/C18H26N4O/c1-15(12-18(23)21-19)6-5-11-20-13-16-7-9-17(10-8-16)14-22(2,3)4/h5-11H,1,12-14,19H2,2-4H3/p+1/b6-5-,20-11?. The minimum Gasteiger partial charge on any atom is -0.327 e. The van der Waals surface area contributed by atoms with Gasteiger partial charge in [-0.1, -0.05) is 36.9 Å². The van der Waals surface area contributed by atoms with Crippen LogP contribution in [0.1, 0.15) is 17.5 Å². The summed E-state index contributed by atoms with van der Waals surface area (Å²) >= 11 is 0. The van der Waals surface area contributed by atoms with Crippen LogP contribution in [0.15, 0.2) is 53.6 Å². The van der Waals surface area contributed by atoms with Crippen molar-refractivity contribution in [3.8, 4) is 0 Å². The third-order valence-electron chi connectivity index (χ3n) is 3.03. The Balaban J connectivity index is 2.43. The first-order valence-corrected chi connectivity index (χ1v) is 7.52. The number of nitrogens with zero attached hydrogens (tertiary/aromatic N) is 2. The Morgan fingerprint density at radius 3 is 2.43 bits per heavy atom. The van der Waals surface area contributed by atoms with Crippen molar-refractivity contribution in [2.45, 2.75) is 19.5 Å². The lowest BCUT2D eigenvalue weighted by atomic mass is 10.1. The van der Waals surface area contributed by atoms with Crippen LogP contribution >= 0.6 is 0 Å². The molecule has 0 fully saturated rings. The van der Waals surface area contributed by atoms with E-state index >= 15 is 0 Å². The van der Waals surface area contributed by atoms with Crippen molar-refractivity contribution < 1.29 is 9.28 Å². The summed E-state index contributed by atoms with van der Waals surface area (Å²) in [5.41, 5.74) is 5.24. The van der Waals surface area contributed by atoms with Crippen LogP contribution in [0.4, 0.5) is 0 Å². The number of allylic oxidation sites excluding steroid dienone is 2. The molecular formula is C18H27N4O+. The highest BCUT2D eigenvalue weighted by atomic mass is 16.2. The van der Waals surface area contributed by atoms with E-state index in [4.69, 9.17) is 5.84 Å². The molecule has 3 N–H and O–H groups in total. The quantitative estimate of drug-likeness (QED) is 0.192. The number of nitrogens with one attached hydrogen (secondary N) is 1. The fraction of sp³-hybridized carbons (Fsp3) is 0.333. The van der Waals surface area contributed by atoms with E-state index in [0.717, 1.165) is 11.0 Å². The molecular weight excluding hydrogens is 288 g/mol. The van der Waals surface area contributed by atoms with E-state index < -0.39 is 0 Å². The lowest BCUT2D eigenvalue weighted by Crippen LogP contribution is -2.33. The Hall–Kier alpha value is -2.24. The molecule has 1 aromatic rings. The molecule has 1 rings (SSSR count). The monoisotopic (exact) mass is 315 g/mol. The van der Waals surface area contributed by atoms with Gasteiger partial charge in [0.15, 0.2) is 0 Å². The van der Waals surface area contributed by atoms with Gasteiger partial charge >= 0.3 is 0 Å². The molecule has 0 aliphatic heterocycles. The number of carbonyl (C=O) groups is 1. The topological polar surface area (TPSA) is 67.5 Å². The highest BCUT2D eigenvalue weighted by Gasteiger charge is 2.07. The third kappa shape index (κ3) is 8.70. The molecule has 0 spiro atoms. The number of nitrogens with two attached hydrogens (primary N) is 1. The van der Waals surface area contributed by atoms with E-state index in [0.29, 0.717) is 12.1 Å². The van der Waals surface area contributed by atoms with Crippen molar-refractivity contribution in [3.05, 3.63) is 59.7 Å². The van der Waals surface area contributed by atoms with Crippen LogP contribution < -0.4 is 11.3 Å². The second-order valence-corrected chi connectivity index (χ2v) is 6.52. The summed E-state index contributed by atoms with van der Waals surface area (Å²) in [6.45, 7) is 5.41. The Labute approximate surface area is 138 Å². The van der Waals surface area contributed by atoms with E-state index in [1.807, 2.05) is 0 Å². The second-order valence-electron chi connectivity index (χ2n) is 6.52. The number of quaternary nitrogens is 1. The maximum Gasteiger partial charge on any atom is 0.238 e. The normalized spacial score (nSPS) is 12.0. The number of hydrogen-bond acceptors (Lipinski definition) is 3. The Kier molecular flexibility index (Phi) is 7.38. The lowest BCUT2D eigenvalue weighted by Gasteiger charge is -2.23. The molecule has 1 amide bonds. The smallest absolute Gasteiger partial charge is 0.238 e. The molecule has 0 heterocycles. The molecule has 0 saturated heterocycles. The fourth-order valence-electron chi connectivity index (χ4n) is 2.01. The Morgan fingerprint density at radius 1 is 1.26 bits per heavy atom. The Bertz CT molecular complexity index is 580. The summed E-state index contributed by atoms with van der Waals surface area (Å²) in [6.07, 6.45) is 5.43. The van der Waals surface area contributed by atoms with E-state index in [9.17, 15) is 4.79 Å². The zero-order valence-corrected chi connectivity index (χ0v) is 14.2. The van der Waals surface area contributed by atoms with Crippen LogP contribution in [-0.4, -0.2) is 37.7 Å². The highest BCUT2D eigenvalue weighted by molar-refractivity contribution is 5.79. The molecule has 0 radical (unpaired) electrons. The first-order valence-electron chi connectivity index (χ1n) is 7.52. The number of hydrazine groups is 1. The number of carbonyl (C=O) groups excluding carboxylic acids is 1. The number of aliphatic imine (C=N–C) groups is 1. The Morgan fingerprint density at radius 2 is 1.87 bits per heavy atom. The van der Waals surface area contributed by atoms with Crippen molar-refractivity contribution >= 4 is 12.1 Å². The van der Waals surface area contributed by atoms with E-state index in [2.05, 4.69) is 62.4 Å². The van der Waals surface area contributed by atoms with Gasteiger partial charge in [-0.3, -0.25) is 15.2 Å². The summed E-state index contributed by atoms with van der Waals surface area (Å²) in [5.74, 6) is 4.75. The molecule has 1 aromatic carbocycles. The van der Waals surface area contributed by atoms with Crippen LogP contribution in [0.5, 0.6) is 0 Å². The van der Waals surface area contributed by atoms with Gasteiger partial charge in [-0.2, -0.15) is 0 Å². The van der Waals surface area contributed by atoms with Crippen molar-refractivity contribution in [1.29, 1.82) is 0 Å². The van der Waals surface area contributed by atoms with Gasteiger partial charge in [-0.05, 0) is 17.2 Å². The summed E-state index contributed by atoms with van der Waals surface area (Å²) in [7, 11) is 6.53. The molecule has 0 atom stereocenters. The molecule has 0 aliphatic carbocycles. The number of hydrogen-bond donors (Lipinski definition) is 2. The third-order valence-corrected chi connectivity index (χ3v) is 3.03. The average Bonchev–Trinajstić information content (AvgIpc) is 2.47. The minimum atomic E-state index is -0.259. The molecule has 0 bridgehead atoms. The molecule has 0 saturated carbocycles. The van der Waals surface area contributed by atoms with Crippen LogP contribution in [-0.2, 0) is 17.9 Å². The summed E-state index contributed by atoms with van der Waals surface area (Å²) in [6, 6.07) is 8.52. The van der Waals surface area contributed by atoms with Crippen molar-refractivity contribution in [3.63, 3.8) is 0 Å². The summed E-state index contributed by atoms with van der Waals surface area (Å²) in [5, 5.41) is 0. The SMILES string of the molecule is C=C(/C=C\C=NCc1ccc(C[N+](C)(C)C)cc1)CC(=O)NN. The van der Waals surface area contributed by atoms with E-state index in [1.165, 1.54) is 11.1 Å². The number of rotatable bonds is 8. The van der Waals surface area contributed by atoms with Gasteiger partial charge in [-0.15, -0.1) is 0 Å². The number of benzene rings is 1. The summed E-state index contributed by atoms with van der Waals surface area (Å²) in [4.78, 5) is 15.4. The van der Waals surface area contributed by atoms with Crippen LogP contribution in [0, 0.1) is 0 Å². The largest absolute Gasteiger partial charge is 0.327 e. The lowest BCUT2D eigenvalue weighted by molar-refractivity contribution is -0.884. The summed E-state index contributed by atoms with van der Waals surface area (Å²) < 4.78 is 0.911. The van der Waals surface area contributed by atoms with Gasteiger partial charge in [0, 0.05) is 11.8 Å². The van der Waals surface area contributed by atoms with Gasteiger partial charge < -0.3 is 4.48 Å². The number of amides is 1. The highest BCUT2D eigenvalue weighted by Crippen LogP contribution is 2.09. The minimum absolute atomic E-state index is 0.189. The molecule has 5 heteroatoms. The first kappa shape index (κ1) is 18.8. The zero-order chi connectivity index (χ0) is 17.3. The predicted octanol–water partition coefficient (Wildman–Crippen LogP) is 1.96. The maximum absolute atomic E-state index is 11.0. The molecule has 0 aromatic heterocycles. The fourth-order valence-corrected chi connectivity index (χ4v) is 2.01. The average molecular weight is 315 g/mol. The van der Waals surface area contributed by atoms with Gasteiger partial charge in [0.05, 0.1) is 34.1 Å². The zero-order valence-electron chi connectivity index (χ0n) is 14.2. The van der Waals surface area contributed by atoms with Gasteiger partial charge in [-0.25, -0.2) is 5.84 Å². The van der Waals surface area contributed by atoms with Crippen molar-refractivity contribution in [1.82, 2.24) is 5.43 Å².